The number of anilines is 2. The molecule has 2 aromatic carbocycles. The first kappa shape index (κ1) is 42.4. The number of hydrogen-bond acceptors (Lipinski definition) is 8. The summed E-state index contributed by atoms with van der Waals surface area (Å²) in [5.74, 6) is 0.0330. The van der Waals surface area contributed by atoms with Crippen LogP contribution in [0.4, 0.5) is 11.4 Å². The summed E-state index contributed by atoms with van der Waals surface area (Å²) in [7, 11) is 8.29. The molecule has 52 heavy (non-hydrogen) atoms. The van der Waals surface area contributed by atoms with Gasteiger partial charge >= 0.3 is 0 Å². The number of carbonyl (C=O) groups excluding carboxylic acids is 3. The summed E-state index contributed by atoms with van der Waals surface area (Å²) < 4.78 is 19.1. The van der Waals surface area contributed by atoms with Gasteiger partial charge in [0.15, 0.2) is 0 Å². The molecule has 0 radical (unpaired) electrons. The van der Waals surface area contributed by atoms with E-state index < -0.39 is 0 Å². The number of hydrogen-bond donors (Lipinski definition) is 3. The molecule has 1 aromatic heterocycles. The minimum absolute atomic E-state index is 0.0173. The summed E-state index contributed by atoms with van der Waals surface area (Å²) in [6, 6.07) is 15.6. The summed E-state index contributed by atoms with van der Waals surface area (Å²) in [4.78, 5) is 39.9. The first-order chi connectivity index (χ1) is 25.2. The molecule has 0 saturated carbocycles. The third-order valence-electron chi connectivity index (χ3n) is 8.74. The number of pyridine rings is 1. The molecule has 0 unspecified atom stereocenters. The molecule has 0 atom stereocenters. The van der Waals surface area contributed by atoms with Crippen LogP contribution in [0.3, 0.4) is 0 Å². The fourth-order valence-corrected chi connectivity index (χ4v) is 5.82. The van der Waals surface area contributed by atoms with Crippen molar-refractivity contribution in [2.75, 3.05) is 97.3 Å². The lowest BCUT2D eigenvalue weighted by Crippen LogP contribution is -2.36. The Kier molecular flexibility index (Phi) is 19.8. The molecule has 288 valence electrons. The molecular weight excluding hydrogens is 660 g/mol. The molecule has 12 heteroatoms. The summed E-state index contributed by atoms with van der Waals surface area (Å²) >= 11 is 0. The molecule has 12 nitrogen and oxygen atoms in total. The van der Waals surface area contributed by atoms with Gasteiger partial charge in [-0.3, -0.25) is 14.4 Å². The van der Waals surface area contributed by atoms with Gasteiger partial charge in [-0.2, -0.15) is 4.57 Å². The molecule has 0 aliphatic heterocycles. The van der Waals surface area contributed by atoms with Gasteiger partial charge in [-0.15, -0.1) is 0 Å². The van der Waals surface area contributed by atoms with Gasteiger partial charge in [0.05, 0.1) is 26.4 Å². The van der Waals surface area contributed by atoms with Crippen molar-refractivity contribution in [1.82, 2.24) is 16.0 Å². The van der Waals surface area contributed by atoms with Crippen LogP contribution in [0.2, 0.25) is 0 Å². The minimum Gasteiger partial charge on any atom is -0.379 e. The molecule has 0 fully saturated rings. The number of nitrogens with zero attached hydrogens (tertiary/aromatic N) is 3. The molecule has 1 heterocycles. The predicted octanol–water partition coefficient (Wildman–Crippen LogP) is 4.34. The van der Waals surface area contributed by atoms with Crippen LogP contribution in [-0.2, 0) is 35.1 Å². The van der Waals surface area contributed by atoms with Crippen molar-refractivity contribution in [3.63, 3.8) is 0 Å². The molecule has 0 saturated heterocycles. The van der Waals surface area contributed by atoms with E-state index in [1.807, 2.05) is 6.92 Å². The molecule has 3 aromatic rings. The molecule has 0 aliphatic carbocycles. The van der Waals surface area contributed by atoms with E-state index in [-0.39, 0.29) is 17.7 Å². The van der Waals surface area contributed by atoms with Crippen LogP contribution in [0.25, 0.3) is 21.8 Å². The first-order valence-electron chi connectivity index (χ1n) is 19.0. The molecular formula is C40H63N6O6+. The average molecular weight is 724 g/mol. The Bertz CT molecular complexity index is 1470. The number of amides is 3. The quantitative estimate of drug-likeness (QED) is 0.0603. The van der Waals surface area contributed by atoms with Crippen LogP contribution < -0.4 is 30.3 Å². The minimum atomic E-state index is -0.0409. The number of rotatable bonds is 27. The van der Waals surface area contributed by atoms with Crippen LogP contribution >= 0.6 is 0 Å². The zero-order chi connectivity index (χ0) is 37.6. The molecule has 0 bridgehead atoms. The van der Waals surface area contributed by atoms with Crippen molar-refractivity contribution >= 4 is 50.9 Å². The molecule has 3 rings (SSSR count). The smallest absolute Gasteiger partial charge is 0.220 e. The van der Waals surface area contributed by atoms with Crippen molar-refractivity contribution in [2.24, 2.45) is 0 Å². The number of fused-ring (bicyclic) bond motifs is 2. The monoisotopic (exact) mass is 723 g/mol. The van der Waals surface area contributed by atoms with Gasteiger partial charge in [-0.1, -0.05) is 0 Å². The van der Waals surface area contributed by atoms with Crippen molar-refractivity contribution in [3.8, 4) is 0 Å². The standard InChI is InChI=1S/C40H62N6O6/c1-6-41-38(47)14-10-15-40(49)43-21-12-24-51-26-28-52-27-25-50-23-11-20-42-39(48)13-8-7-9-22-46-36-30-34(44(2)3)18-16-32(36)29-33-17-19-35(45(4)5)31-37(33)46/h16-19,29-31H,6-15,20-28H2,1-5H3,(H2-,41,42,43,47,48,49)/p+1. The van der Waals surface area contributed by atoms with Gasteiger partial charge < -0.3 is 40.0 Å². The molecule has 3 N–H and O–H groups in total. The van der Waals surface area contributed by atoms with Gasteiger partial charge in [0, 0.05) is 121 Å². The van der Waals surface area contributed by atoms with Crippen LogP contribution in [0.1, 0.15) is 64.7 Å². The van der Waals surface area contributed by atoms with Crippen molar-refractivity contribution in [2.45, 2.75) is 71.3 Å². The van der Waals surface area contributed by atoms with Gasteiger partial charge in [0.2, 0.25) is 28.8 Å². The molecule has 3 amide bonds. The summed E-state index contributed by atoms with van der Waals surface area (Å²) in [5.41, 5.74) is 4.81. The van der Waals surface area contributed by atoms with Gasteiger partial charge in [0.25, 0.3) is 0 Å². The Hall–Kier alpha value is -4.00. The van der Waals surface area contributed by atoms with Crippen molar-refractivity contribution < 1.29 is 33.2 Å². The zero-order valence-corrected chi connectivity index (χ0v) is 32.3. The van der Waals surface area contributed by atoms with E-state index in [4.69, 9.17) is 14.2 Å². The number of nitrogens with one attached hydrogen (secondary N) is 3. The second kappa shape index (κ2) is 24.3. The van der Waals surface area contributed by atoms with E-state index in [0.717, 1.165) is 38.6 Å². The summed E-state index contributed by atoms with van der Waals surface area (Å²) in [6.07, 6.45) is 6.12. The number of ether oxygens (including phenoxy) is 3. The first-order valence-corrected chi connectivity index (χ1v) is 19.0. The maximum absolute atomic E-state index is 12.4. The van der Waals surface area contributed by atoms with Gasteiger partial charge in [0.1, 0.15) is 6.54 Å². The largest absolute Gasteiger partial charge is 0.379 e. The fourth-order valence-electron chi connectivity index (χ4n) is 5.82. The molecule has 0 spiro atoms. The zero-order valence-electron chi connectivity index (χ0n) is 32.3. The number of aromatic nitrogens is 1. The van der Waals surface area contributed by atoms with E-state index in [1.165, 1.54) is 33.2 Å². The van der Waals surface area contributed by atoms with E-state index in [9.17, 15) is 14.4 Å². The average Bonchev–Trinajstić information content (AvgIpc) is 3.12. The van der Waals surface area contributed by atoms with E-state index in [2.05, 4.69) is 101 Å². The number of carbonyl (C=O) groups is 3. The van der Waals surface area contributed by atoms with E-state index in [0.29, 0.717) is 85.0 Å². The lowest BCUT2D eigenvalue weighted by atomic mass is 10.1. The second-order valence-corrected chi connectivity index (χ2v) is 13.4. The third kappa shape index (κ3) is 15.7. The van der Waals surface area contributed by atoms with Crippen LogP contribution in [0, 0.1) is 0 Å². The van der Waals surface area contributed by atoms with Crippen molar-refractivity contribution in [1.29, 1.82) is 0 Å². The topological polar surface area (TPSA) is 125 Å². The third-order valence-corrected chi connectivity index (χ3v) is 8.74. The highest BCUT2D eigenvalue weighted by molar-refractivity contribution is 5.91. The van der Waals surface area contributed by atoms with Crippen molar-refractivity contribution in [3.05, 3.63) is 42.5 Å². The van der Waals surface area contributed by atoms with Crippen LogP contribution in [0.15, 0.2) is 42.5 Å². The Balaban J connectivity index is 1.19. The van der Waals surface area contributed by atoms with E-state index in [1.54, 1.807) is 0 Å². The number of benzene rings is 2. The van der Waals surface area contributed by atoms with Crippen LogP contribution in [0.5, 0.6) is 0 Å². The maximum Gasteiger partial charge on any atom is 0.220 e. The number of unbranched alkanes of at least 4 members (excludes halogenated alkanes) is 2. The Labute approximate surface area is 310 Å². The summed E-state index contributed by atoms with van der Waals surface area (Å²) in [5, 5.41) is 11.0. The van der Waals surface area contributed by atoms with Crippen LogP contribution in [-0.4, -0.2) is 105 Å². The highest BCUT2D eigenvalue weighted by atomic mass is 16.5. The lowest BCUT2D eigenvalue weighted by Gasteiger charge is -2.15. The Morgan fingerprint density at radius 1 is 0.558 bits per heavy atom. The number of aryl methyl sites for hydroxylation is 1. The second-order valence-electron chi connectivity index (χ2n) is 13.4. The van der Waals surface area contributed by atoms with Gasteiger partial charge in [-0.25, -0.2) is 0 Å². The highest BCUT2D eigenvalue weighted by Gasteiger charge is 2.17. The molecule has 0 aliphatic rings. The highest BCUT2D eigenvalue weighted by Crippen LogP contribution is 2.25. The fraction of sp³-hybridized carbons (Fsp3) is 0.600. The maximum atomic E-state index is 12.4. The Morgan fingerprint density at radius 3 is 1.50 bits per heavy atom. The van der Waals surface area contributed by atoms with E-state index >= 15 is 0 Å². The lowest BCUT2D eigenvalue weighted by molar-refractivity contribution is -0.645. The van der Waals surface area contributed by atoms with Gasteiger partial charge in [-0.05, 0) is 69.4 Å². The Morgan fingerprint density at radius 2 is 1.02 bits per heavy atom. The summed E-state index contributed by atoms with van der Waals surface area (Å²) in [6.45, 7) is 7.60. The SMILES string of the molecule is CCNC(=O)CCCC(=O)NCCCOCCOCCOCCCNC(=O)CCCCC[n+]1c2cc(N(C)C)ccc2cc2ccc(N(C)C)cc21. The normalized spacial score (nSPS) is 11.2. The predicted molar refractivity (Wildman–Crippen MR) is 209 cm³/mol.